The SMILES string of the molecule is O=C(O)N1CCC(COc2noc3cccc(F)c23)CC1. The zero-order valence-electron chi connectivity index (χ0n) is 11.3. The fourth-order valence-electron chi connectivity index (χ4n) is 2.51. The minimum Gasteiger partial charge on any atom is -0.475 e. The predicted octanol–water partition coefficient (Wildman–Crippen LogP) is 2.74. The first-order chi connectivity index (χ1) is 10.1. The fourth-order valence-corrected chi connectivity index (χ4v) is 2.51. The first kappa shape index (κ1) is 13.7. The molecule has 0 radical (unpaired) electrons. The molecule has 0 aliphatic carbocycles. The summed E-state index contributed by atoms with van der Waals surface area (Å²) in [4.78, 5) is 12.2. The van der Waals surface area contributed by atoms with Crippen molar-refractivity contribution in [2.45, 2.75) is 12.8 Å². The van der Waals surface area contributed by atoms with Gasteiger partial charge < -0.3 is 19.3 Å². The summed E-state index contributed by atoms with van der Waals surface area (Å²) >= 11 is 0. The maximum Gasteiger partial charge on any atom is 0.407 e. The Kier molecular flexibility index (Phi) is 3.64. The van der Waals surface area contributed by atoms with Gasteiger partial charge in [0, 0.05) is 13.1 Å². The second-order valence-electron chi connectivity index (χ2n) is 5.12. The van der Waals surface area contributed by atoms with Gasteiger partial charge in [-0.15, -0.1) is 0 Å². The molecule has 1 aromatic heterocycles. The van der Waals surface area contributed by atoms with Crippen molar-refractivity contribution in [2.24, 2.45) is 5.92 Å². The predicted molar refractivity (Wildman–Crippen MR) is 71.8 cm³/mol. The maximum atomic E-state index is 13.7. The molecule has 1 amide bonds. The lowest BCUT2D eigenvalue weighted by atomic mass is 9.98. The summed E-state index contributed by atoms with van der Waals surface area (Å²) in [5.41, 5.74) is 0.352. The van der Waals surface area contributed by atoms with E-state index in [-0.39, 0.29) is 17.2 Å². The third kappa shape index (κ3) is 2.76. The van der Waals surface area contributed by atoms with Crippen molar-refractivity contribution >= 4 is 17.1 Å². The topological polar surface area (TPSA) is 75.8 Å². The number of likely N-dealkylation sites (tertiary alicyclic amines) is 1. The molecular weight excluding hydrogens is 279 g/mol. The number of amides is 1. The van der Waals surface area contributed by atoms with E-state index >= 15 is 0 Å². The van der Waals surface area contributed by atoms with Crippen molar-refractivity contribution in [3.63, 3.8) is 0 Å². The van der Waals surface area contributed by atoms with Crippen molar-refractivity contribution in [2.75, 3.05) is 19.7 Å². The van der Waals surface area contributed by atoms with Gasteiger partial charge in [0.2, 0.25) is 0 Å². The molecule has 0 unspecified atom stereocenters. The summed E-state index contributed by atoms with van der Waals surface area (Å²) in [6.07, 6.45) is 0.564. The van der Waals surface area contributed by atoms with E-state index in [9.17, 15) is 9.18 Å². The Hall–Kier alpha value is -2.31. The molecule has 112 valence electrons. The number of ether oxygens (including phenoxy) is 1. The minimum absolute atomic E-state index is 0.156. The number of carbonyl (C=O) groups is 1. The van der Waals surface area contributed by atoms with E-state index in [1.165, 1.54) is 11.0 Å². The Labute approximate surface area is 120 Å². The molecule has 3 rings (SSSR count). The van der Waals surface area contributed by atoms with E-state index in [0.29, 0.717) is 25.3 Å². The van der Waals surface area contributed by atoms with Crippen LogP contribution in [0.1, 0.15) is 12.8 Å². The number of carboxylic acid groups (broad SMARTS) is 1. The first-order valence-corrected chi connectivity index (χ1v) is 6.79. The van der Waals surface area contributed by atoms with Gasteiger partial charge >= 0.3 is 6.09 Å². The van der Waals surface area contributed by atoms with Gasteiger partial charge in [-0.05, 0) is 36.0 Å². The van der Waals surface area contributed by atoms with Crippen LogP contribution in [-0.2, 0) is 0 Å². The number of hydrogen-bond donors (Lipinski definition) is 1. The van der Waals surface area contributed by atoms with Crippen LogP contribution in [0.4, 0.5) is 9.18 Å². The average molecular weight is 294 g/mol. The number of fused-ring (bicyclic) bond motifs is 1. The molecule has 0 saturated carbocycles. The molecule has 0 bridgehead atoms. The van der Waals surface area contributed by atoms with Gasteiger partial charge in [0.05, 0.1) is 6.61 Å². The first-order valence-electron chi connectivity index (χ1n) is 6.79. The van der Waals surface area contributed by atoms with E-state index in [2.05, 4.69) is 5.16 Å². The highest BCUT2D eigenvalue weighted by molar-refractivity contribution is 5.82. The highest BCUT2D eigenvalue weighted by atomic mass is 19.1. The van der Waals surface area contributed by atoms with Crippen LogP contribution in [0.5, 0.6) is 5.88 Å². The molecule has 7 heteroatoms. The van der Waals surface area contributed by atoms with Gasteiger partial charge in [0.15, 0.2) is 5.58 Å². The van der Waals surface area contributed by atoms with Crippen LogP contribution in [-0.4, -0.2) is 41.0 Å². The van der Waals surface area contributed by atoms with Crippen molar-refractivity contribution < 1.29 is 23.6 Å². The molecule has 1 N–H and O–H groups in total. The van der Waals surface area contributed by atoms with Crippen LogP contribution < -0.4 is 4.74 Å². The number of aromatic nitrogens is 1. The summed E-state index contributed by atoms with van der Waals surface area (Å²) in [6.45, 7) is 1.37. The zero-order valence-corrected chi connectivity index (χ0v) is 11.3. The zero-order chi connectivity index (χ0) is 14.8. The lowest BCUT2D eigenvalue weighted by molar-refractivity contribution is 0.110. The van der Waals surface area contributed by atoms with Gasteiger partial charge in [-0.25, -0.2) is 9.18 Å². The number of rotatable bonds is 3. The van der Waals surface area contributed by atoms with Crippen LogP contribution in [0, 0.1) is 11.7 Å². The van der Waals surface area contributed by atoms with E-state index < -0.39 is 11.9 Å². The van der Waals surface area contributed by atoms with Crippen molar-refractivity contribution in [1.82, 2.24) is 10.1 Å². The van der Waals surface area contributed by atoms with Crippen LogP contribution in [0.15, 0.2) is 22.7 Å². The number of nitrogens with zero attached hydrogens (tertiary/aromatic N) is 2. The van der Waals surface area contributed by atoms with E-state index in [0.717, 1.165) is 12.8 Å². The summed E-state index contributed by atoms with van der Waals surface area (Å²) in [5, 5.41) is 12.9. The Morgan fingerprint density at radius 3 is 2.95 bits per heavy atom. The third-order valence-electron chi connectivity index (χ3n) is 3.76. The molecular formula is C14H15FN2O4. The summed E-state index contributed by atoms with van der Waals surface area (Å²) < 4.78 is 24.3. The summed E-state index contributed by atoms with van der Waals surface area (Å²) in [5.74, 6) is -0.0349. The van der Waals surface area contributed by atoms with Crippen molar-refractivity contribution in [3.05, 3.63) is 24.0 Å². The van der Waals surface area contributed by atoms with Gasteiger partial charge in [-0.1, -0.05) is 6.07 Å². The molecule has 1 aliphatic rings. The molecule has 6 nitrogen and oxygen atoms in total. The normalized spacial score (nSPS) is 16.3. The Bertz CT molecular complexity index is 649. The Morgan fingerprint density at radius 1 is 1.48 bits per heavy atom. The van der Waals surface area contributed by atoms with Crippen molar-refractivity contribution in [1.29, 1.82) is 0 Å². The number of benzene rings is 1. The third-order valence-corrected chi connectivity index (χ3v) is 3.76. The number of hydrogen-bond acceptors (Lipinski definition) is 4. The van der Waals surface area contributed by atoms with E-state index in [1.807, 2.05) is 0 Å². The summed E-state index contributed by atoms with van der Waals surface area (Å²) in [7, 11) is 0. The van der Waals surface area contributed by atoms with Gasteiger partial charge in [0.25, 0.3) is 5.88 Å². The molecule has 1 aliphatic heterocycles. The van der Waals surface area contributed by atoms with Gasteiger partial charge in [-0.3, -0.25) is 0 Å². The quantitative estimate of drug-likeness (QED) is 0.942. The standard InChI is InChI=1S/C14H15FN2O4/c15-10-2-1-3-11-12(10)13(16-21-11)20-8-9-4-6-17(7-5-9)14(18)19/h1-3,9H,4-8H2,(H,18,19). The Morgan fingerprint density at radius 2 is 2.24 bits per heavy atom. The lowest BCUT2D eigenvalue weighted by Crippen LogP contribution is -2.38. The second kappa shape index (κ2) is 5.59. The number of halogens is 1. The molecule has 1 fully saturated rings. The van der Waals surface area contributed by atoms with Gasteiger partial charge in [0.1, 0.15) is 11.2 Å². The summed E-state index contributed by atoms with van der Waals surface area (Å²) in [6, 6.07) is 4.51. The molecule has 21 heavy (non-hydrogen) atoms. The van der Waals surface area contributed by atoms with Crippen LogP contribution in [0.3, 0.4) is 0 Å². The monoisotopic (exact) mass is 294 g/mol. The maximum absolute atomic E-state index is 13.7. The lowest BCUT2D eigenvalue weighted by Gasteiger charge is -2.29. The fraction of sp³-hybridized carbons (Fsp3) is 0.429. The van der Waals surface area contributed by atoms with Gasteiger partial charge in [-0.2, -0.15) is 0 Å². The minimum atomic E-state index is -0.890. The second-order valence-corrected chi connectivity index (χ2v) is 5.12. The molecule has 2 aromatic rings. The molecule has 1 aromatic carbocycles. The molecule has 0 atom stereocenters. The van der Waals surface area contributed by atoms with E-state index in [1.54, 1.807) is 12.1 Å². The largest absolute Gasteiger partial charge is 0.475 e. The highest BCUT2D eigenvalue weighted by Crippen LogP contribution is 2.28. The number of piperidine rings is 1. The average Bonchev–Trinajstić information content (AvgIpc) is 2.90. The van der Waals surface area contributed by atoms with Crippen molar-refractivity contribution in [3.8, 4) is 5.88 Å². The molecule has 1 saturated heterocycles. The molecule has 2 heterocycles. The smallest absolute Gasteiger partial charge is 0.407 e. The van der Waals surface area contributed by atoms with E-state index in [4.69, 9.17) is 14.4 Å². The Balaban J connectivity index is 1.61. The van der Waals surface area contributed by atoms with Crippen LogP contribution in [0.2, 0.25) is 0 Å². The highest BCUT2D eigenvalue weighted by Gasteiger charge is 2.23. The van der Waals surface area contributed by atoms with Crippen LogP contribution >= 0.6 is 0 Å². The molecule has 0 spiro atoms. The van der Waals surface area contributed by atoms with Crippen LogP contribution in [0.25, 0.3) is 11.0 Å².